The van der Waals surface area contributed by atoms with Gasteiger partial charge in [-0.15, -0.1) is 0 Å². The first-order valence-electron chi connectivity index (χ1n) is 12.8. The van der Waals surface area contributed by atoms with Crippen LogP contribution in [0.5, 0.6) is 11.5 Å². The van der Waals surface area contributed by atoms with Gasteiger partial charge in [-0.3, -0.25) is 9.69 Å². The number of carboxylic acid groups (broad SMARTS) is 1. The van der Waals surface area contributed by atoms with Crippen LogP contribution in [0.25, 0.3) is 0 Å². The number of hydrogen-bond donors (Lipinski definition) is 3. The summed E-state index contributed by atoms with van der Waals surface area (Å²) < 4.78 is 10.9. The first-order valence-corrected chi connectivity index (χ1v) is 12.8. The Hall–Kier alpha value is -2.87. The molecule has 0 saturated carbocycles. The van der Waals surface area contributed by atoms with Crippen LogP contribution in [0, 0.1) is 5.92 Å². The average Bonchev–Trinajstić information content (AvgIpc) is 3.47. The molecule has 1 unspecified atom stereocenters. The third-order valence-corrected chi connectivity index (χ3v) is 7.76. The molecule has 3 heterocycles. The summed E-state index contributed by atoms with van der Waals surface area (Å²) in [4.78, 5) is 13.2. The van der Waals surface area contributed by atoms with Crippen LogP contribution < -0.4 is 9.47 Å². The van der Waals surface area contributed by atoms with Crippen molar-refractivity contribution in [1.82, 2.24) is 4.90 Å². The quantitative estimate of drug-likeness (QED) is 0.557. The van der Waals surface area contributed by atoms with Crippen molar-refractivity contribution in [3.05, 3.63) is 70.3 Å². The minimum Gasteiger partial charge on any atom is -0.481 e. The molecule has 36 heavy (non-hydrogen) atoms. The number of benzene rings is 2. The second kappa shape index (κ2) is 9.88. The molecule has 0 bridgehead atoms. The van der Waals surface area contributed by atoms with E-state index in [-0.39, 0.29) is 18.8 Å². The fourth-order valence-electron chi connectivity index (χ4n) is 5.90. The van der Waals surface area contributed by atoms with Crippen LogP contribution in [-0.4, -0.2) is 57.8 Å². The van der Waals surface area contributed by atoms with E-state index in [0.717, 1.165) is 48.6 Å². The van der Waals surface area contributed by atoms with Crippen LogP contribution in [0.4, 0.5) is 0 Å². The molecule has 7 heteroatoms. The fraction of sp³-hybridized carbons (Fsp3) is 0.483. The van der Waals surface area contributed by atoms with E-state index in [9.17, 15) is 15.0 Å². The molecular weight excluding hydrogens is 458 g/mol. The molecule has 1 aliphatic carbocycles. The monoisotopic (exact) mass is 493 g/mol. The van der Waals surface area contributed by atoms with E-state index < -0.39 is 24.1 Å². The van der Waals surface area contributed by atoms with Gasteiger partial charge in [-0.05, 0) is 60.1 Å². The summed E-state index contributed by atoms with van der Waals surface area (Å²) >= 11 is 0. The third kappa shape index (κ3) is 4.63. The number of aliphatic hydroxyl groups is 2. The summed E-state index contributed by atoms with van der Waals surface area (Å²) in [6.45, 7) is 8.17. The predicted molar refractivity (Wildman–Crippen MR) is 135 cm³/mol. The molecule has 3 aliphatic heterocycles. The Balaban J connectivity index is 0.000000159. The zero-order valence-corrected chi connectivity index (χ0v) is 21.1. The van der Waals surface area contributed by atoms with E-state index in [1.807, 2.05) is 42.5 Å². The molecule has 2 aromatic rings. The third-order valence-electron chi connectivity index (χ3n) is 7.76. The summed E-state index contributed by atoms with van der Waals surface area (Å²) in [5, 5.41) is 29.5. The second-order valence-corrected chi connectivity index (χ2v) is 10.7. The van der Waals surface area contributed by atoms with Crippen molar-refractivity contribution in [2.45, 2.75) is 70.2 Å². The van der Waals surface area contributed by atoms with Gasteiger partial charge in [-0.25, -0.2) is 0 Å². The summed E-state index contributed by atoms with van der Waals surface area (Å²) in [6.07, 6.45) is 2.33. The molecule has 3 N–H and O–H groups in total. The van der Waals surface area contributed by atoms with E-state index >= 15 is 0 Å². The number of rotatable bonds is 4. The molecule has 0 spiro atoms. The Morgan fingerprint density at radius 2 is 1.78 bits per heavy atom. The number of ether oxygens (including phenoxy) is 2. The minimum atomic E-state index is -0.780. The van der Waals surface area contributed by atoms with Crippen LogP contribution in [0.2, 0.25) is 0 Å². The molecular formula is C29H35NO6. The zero-order valence-electron chi connectivity index (χ0n) is 21.1. The summed E-state index contributed by atoms with van der Waals surface area (Å²) in [5.41, 5.74) is 5.68. The Bertz CT molecular complexity index is 1160. The van der Waals surface area contributed by atoms with Gasteiger partial charge in [0, 0.05) is 25.0 Å². The van der Waals surface area contributed by atoms with Gasteiger partial charge < -0.3 is 24.8 Å². The second-order valence-electron chi connectivity index (χ2n) is 10.7. The Kier molecular flexibility index (Phi) is 6.81. The van der Waals surface area contributed by atoms with Crippen LogP contribution in [0.15, 0.2) is 48.0 Å². The molecule has 4 aliphatic rings. The lowest BCUT2D eigenvalue weighted by Crippen LogP contribution is -2.49. The van der Waals surface area contributed by atoms with Gasteiger partial charge >= 0.3 is 5.97 Å². The largest absolute Gasteiger partial charge is 0.481 e. The average molecular weight is 494 g/mol. The summed E-state index contributed by atoms with van der Waals surface area (Å²) in [6, 6.07) is 12.1. The van der Waals surface area contributed by atoms with Crippen molar-refractivity contribution in [3.63, 3.8) is 0 Å². The van der Waals surface area contributed by atoms with Gasteiger partial charge in [-0.1, -0.05) is 49.8 Å². The Morgan fingerprint density at radius 1 is 1.08 bits per heavy atom. The molecule has 1 fully saturated rings. The van der Waals surface area contributed by atoms with E-state index in [0.29, 0.717) is 5.92 Å². The van der Waals surface area contributed by atoms with Crippen LogP contribution in [0.3, 0.4) is 0 Å². The zero-order chi connectivity index (χ0) is 25.6. The number of fused-ring (bicyclic) bond motifs is 3. The van der Waals surface area contributed by atoms with Gasteiger partial charge in [0.2, 0.25) is 6.79 Å². The Morgan fingerprint density at radius 3 is 2.44 bits per heavy atom. The fourth-order valence-corrected chi connectivity index (χ4v) is 5.90. The molecule has 6 rings (SSSR count). The number of carbonyl (C=O) groups is 1. The summed E-state index contributed by atoms with van der Waals surface area (Å²) in [7, 11) is 0. The first-order chi connectivity index (χ1) is 17.2. The molecule has 192 valence electrons. The SMILES string of the molecule is CC(C)Cc1ccc(C(C)C(=O)O)cc1.O[C@H]1[C@H]2c3cc4c(cc3CN3CCC(=C[C@@H]1O)[C@H]23)OCO4. The van der Waals surface area contributed by atoms with Gasteiger partial charge in [0.15, 0.2) is 11.5 Å². The number of carboxylic acids is 1. The molecule has 0 amide bonds. The highest BCUT2D eigenvalue weighted by Gasteiger charge is 2.48. The van der Waals surface area contributed by atoms with Crippen LogP contribution in [0.1, 0.15) is 61.3 Å². The highest BCUT2D eigenvalue weighted by Crippen LogP contribution is 2.49. The molecule has 5 atom stereocenters. The highest BCUT2D eigenvalue weighted by molar-refractivity contribution is 5.75. The van der Waals surface area contributed by atoms with Crippen molar-refractivity contribution in [2.75, 3.05) is 13.3 Å². The van der Waals surface area contributed by atoms with Crippen molar-refractivity contribution < 1.29 is 29.6 Å². The number of aliphatic carboxylic acids is 1. The predicted octanol–water partition coefficient (Wildman–Crippen LogP) is 3.82. The molecule has 0 radical (unpaired) electrons. The van der Waals surface area contributed by atoms with Crippen molar-refractivity contribution >= 4 is 5.97 Å². The van der Waals surface area contributed by atoms with Crippen LogP contribution in [-0.2, 0) is 17.8 Å². The van der Waals surface area contributed by atoms with Crippen molar-refractivity contribution in [1.29, 1.82) is 0 Å². The molecule has 7 nitrogen and oxygen atoms in total. The number of nitrogens with zero attached hydrogens (tertiary/aromatic N) is 1. The maximum absolute atomic E-state index is 10.8. The molecule has 1 saturated heterocycles. The van der Waals surface area contributed by atoms with E-state index in [4.69, 9.17) is 14.6 Å². The van der Waals surface area contributed by atoms with Gasteiger partial charge in [-0.2, -0.15) is 0 Å². The topological polar surface area (TPSA) is 99.5 Å². The van der Waals surface area contributed by atoms with E-state index in [2.05, 4.69) is 18.7 Å². The first kappa shape index (κ1) is 24.8. The number of aliphatic hydroxyl groups excluding tert-OH is 2. The smallest absolute Gasteiger partial charge is 0.310 e. The standard InChI is InChI=1S/C16H17NO4.C13H18O2/c18-11-3-8-1-2-17-6-9-4-12-13(21-7-20-12)5-10(9)14(15(8)17)16(11)19;1-9(2)8-11-4-6-12(7-5-11)10(3)13(14)15/h3-5,11,14-16,18-19H,1-2,6-7H2;4-7,9-10H,8H2,1-3H3,(H,14,15)/t11-,14-,15+,16+;/m0./s1. The lowest BCUT2D eigenvalue weighted by atomic mass is 9.73. The summed E-state index contributed by atoms with van der Waals surface area (Å²) in [5.74, 6) is 0.893. The lowest BCUT2D eigenvalue weighted by molar-refractivity contribution is -0.138. The maximum Gasteiger partial charge on any atom is 0.310 e. The normalized spacial score (nSPS) is 26.4. The number of hydrogen-bond acceptors (Lipinski definition) is 6. The van der Waals surface area contributed by atoms with Gasteiger partial charge in [0.25, 0.3) is 0 Å². The minimum absolute atomic E-state index is 0.0826. The highest BCUT2D eigenvalue weighted by atomic mass is 16.7. The molecule has 0 aromatic heterocycles. The Labute approximate surface area is 212 Å². The molecule has 2 aromatic carbocycles. The van der Waals surface area contributed by atoms with Crippen molar-refractivity contribution in [2.24, 2.45) is 5.92 Å². The van der Waals surface area contributed by atoms with Gasteiger partial charge in [0.1, 0.15) is 0 Å². The lowest BCUT2D eigenvalue weighted by Gasteiger charge is -2.44. The van der Waals surface area contributed by atoms with Crippen LogP contribution >= 0.6 is 0 Å². The van der Waals surface area contributed by atoms with Gasteiger partial charge in [0.05, 0.1) is 18.1 Å². The van der Waals surface area contributed by atoms with E-state index in [1.54, 1.807) is 6.92 Å². The van der Waals surface area contributed by atoms with Crippen molar-refractivity contribution in [3.8, 4) is 11.5 Å². The van der Waals surface area contributed by atoms with E-state index in [1.165, 1.54) is 16.7 Å². The maximum atomic E-state index is 10.8.